The first-order valence-corrected chi connectivity index (χ1v) is 8.88. The van der Waals surface area contributed by atoms with Crippen LogP contribution in [0.25, 0.3) is 0 Å². The van der Waals surface area contributed by atoms with E-state index in [4.69, 9.17) is 5.73 Å². The largest absolute Gasteiger partial charge is 0.336 e. The zero-order chi connectivity index (χ0) is 16.0. The Morgan fingerprint density at radius 2 is 2.09 bits per heavy atom. The molecule has 2 rings (SSSR count). The Kier molecular flexibility index (Phi) is 6.23. The van der Waals surface area contributed by atoms with Gasteiger partial charge in [0.2, 0.25) is 0 Å². The number of hydrogen-bond donors (Lipinski definition) is 3. The fraction of sp³-hybridized carbons (Fsp3) is 0.688. The molecule has 1 fully saturated rings. The van der Waals surface area contributed by atoms with Crippen molar-refractivity contribution in [2.75, 3.05) is 27.2 Å². The summed E-state index contributed by atoms with van der Waals surface area (Å²) in [7, 11) is 4.06. The lowest BCUT2D eigenvalue weighted by atomic mass is 9.82. The second-order valence-electron chi connectivity index (χ2n) is 6.48. The number of nitrogens with zero attached hydrogens (tertiary/aromatic N) is 1. The molecule has 1 aromatic heterocycles. The Bertz CT molecular complexity index is 455. The van der Waals surface area contributed by atoms with Gasteiger partial charge in [-0.1, -0.05) is 25.3 Å². The molecule has 0 bridgehead atoms. The van der Waals surface area contributed by atoms with Crippen LogP contribution in [0.4, 0.5) is 4.79 Å². The lowest BCUT2D eigenvalue weighted by Crippen LogP contribution is -2.53. The molecule has 22 heavy (non-hydrogen) atoms. The van der Waals surface area contributed by atoms with E-state index in [0.29, 0.717) is 13.1 Å². The number of carbonyl (C=O) groups is 1. The smallest absolute Gasteiger partial charge is 0.314 e. The Morgan fingerprint density at radius 3 is 2.68 bits per heavy atom. The van der Waals surface area contributed by atoms with Gasteiger partial charge in [0.05, 0.1) is 6.04 Å². The second kappa shape index (κ2) is 7.94. The molecule has 6 heteroatoms. The zero-order valence-electron chi connectivity index (χ0n) is 13.6. The van der Waals surface area contributed by atoms with E-state index in [1.165, 1.54) is 24.1 Å². The number of hydrogen-bond acceptors (Lipinski definition) is 4. The van der Waals surface area contributed by atoms with Crippen molar-refractivity contribution in [1.29, 1.82) is 0 Å². The van der Waals surface area contributed by atoms with Crippen LogP contribution in [0.5, 0.6) is 0 Å². The van der Waals surface area contributed by atoms with Crippen molar-refractivity contribution in [3.05, 3.63) is 22.4 Å². The van der Waals surface area contributed by atoms with Crippen LogP contribution >= 0.6 is 11.3 Å². The van der Waals surface area contributed by atoms with Gasteiger partial charge < -0.3 is 21.3 Å². The molecule has 0 radical (unpaired) electrons. The molecule has 5 nitrogen and oxygen atoms in total. The maximum atomic E-state index is 12.0. The molecule has 0 aromatic carbocycles. The molecule has 1 aliphatic carbocycles. The first kappa shape index (κ1) is 17.2. The van der Waals surface area contributed by atoms with Gasteiger partial charge in [-0.15, -0.1) is 11.3 Å². The Balaban J connectivity index is 1.76. The molecular weight excluding hydrogens is 296 g/mol. The van der Waals surface area contributed by atoms with E-state index in [1.807, 2.05) is 20.2 Å². The van der Waals surface area contributed by atoms with Gasteiger partial charge in [-0.3, -0.25) is 0 Å². The van der Waals surface area contributed by atoms with Crippen LogP contribution < -0.4 is 16.4 Å². The summed E-state index contributed by atoms with van der Waals surface area (Å²) in [5.41, 5.74) is 6.12. The minimum Gasteiger partial charge on any atom is -0.336 e. The summed E-state index contributed by atoms with van der Waals surface area (Å²) in [6.07, 6.45) is 5.60. The van der Waals surface area contributed by atoms with Crippen LogP contribution in [-0.4, -0.2) is 43.7 Å². The standard InChI is InChI=1S/C16H28N4OS/c1-20(2)13(14-7-6-10-22-14)11-18-15(21)19-12-16(17)8-4-3-5-9-16/h6-7,10,13H,3-5,8-9,11-12,17H2,1-2H3,(H2,18,19,21). The average molecular weight is 324 g/mol. The summed E-state index contributed by atoms with van der Waals surface area (Å²) in [6.45, 7) is 1.15. The minimum atomic E-state index is -0.218. The summed E-state index contributed by atoms with van der Waals surface area (Å²) in [5, 5.41) is 7.97. The lowest BCUT2D eigenvalue weighted by molar-refractivity contribution is 0.224. The third-order valence-electron chi connectivity index (χ3n) is 4.40. The normalized spacial score (nSPS) is 18.9. The molecule has 1 saturated carbocycles. The van der Waals surface area contributed by atoms with Crippen LogP contribution in [0.3, 0.4) is 0 Å². The number of nitrogens with one attached hydrogen (secondary N) is 2. The third-order valence-corrected chi connectivity index (χ3v) is 5.37. The second-order valence-corrected chi connectivity index (χ2v) is 7.46. The molecule has 124 valence electrons. The van der Waals surface area contributed by atoms with Gasteiger partial charge >= 0.3 is 6.03 Å². The number of thiophene rings is 1. The Labute approximate surface area is 137 Å². The predicted molar refractivity (Wildman–Crippen MR) is 92.2 cm³/mol. The van der Waals surface area contributed by atoms with E-state index in [2.05, 4.69) is 27.0 Å². The maximum Gasteiger partial charge on any atom is 0.314 e. The lowest BCUT2D eigenvalue weighted by Gasteiger charge is -2.33. The number of rotatable bonds is 6. The fourth-order valence-corrected chi connectivity index (χ4v) is 3.88. The average Bonchev–Trinajstić information content (AvgIpc) is 3.00. The van der Waals surface area contributed by atoms with Gasteiger partial charge in [0.15, 0.2) is 0 Å². The number of amides is 2. The highest BCUT2D eigenvalue weighted by Crippen LogP contribution is 2.25. The van der Waals surface area contributed by atoms with Crippen LogP contribution in [0.1, 0.15) is 43.0 Å². The zero-order valence-corrected chi connectivity index (χ0v) is 14.4. The molecule has 1 heterocycles. The predicted octanol–water partition coefficient (Wildman–Crippen LogP) is 2.31. The summed E-state index contributed by atoms with van der Waals surface area (Å²) >= 11 is 1.71. The Morgan fingerprint density at radius 1 is 1.36 bits per heavy atom. The first-order chi connectivity index (χ1) is 10.5. The van der Waals surface area contributed by atoms with Gasteiger partial charge in [-0.25, -0.2) is 4.79 Å². The van der Waals surface area contributed by atoms with Crippen LogP contribution in [0.15, 0.2) is 17.5 Å². The van der Waals surface area contributed by atoms with Crippen molar-refractivity contribution in [2.24, 2.45) is 5.73 Å². The highest BCUT2D eigenvalue weighted by molar-refractivity contribution is 7.10. The number of nitrogens with two attached hydrogens (primary N) is 1. The molecule has 1 aromatic rings. The van der Waals surface area contributed by atoms with Gasteiger partial charge in [0, 0.05) is 23.5 Å². The highest BCUT2D eigenvalue weighted by Gasteiger charge is 2.27. The van der Waals surface area contributed by atoms with E-state index in [9.17, 15) is 4.79 Å². The van der Waals surface area contributed by atoms with Crippen molar-refractivity contribution in [1.82, 2.24) is 15.5 Å². The fourth-order valence-electron chi connectivity index (χ4n) is 2.96. The van der Waals surface area contributed by atoms with Crippen LogP contribution in [0, 0.1) is 0 Å². The number of carbonyl (C=O) groups excluding carboxylic acids is 1. The summed E-state index contributed by atoms with van der Waals surface area (Å²) in [4.78, 5) is 15.4. The van der Waals surface area contributed by atoms with Gasteiger partial charge in [0.1, 0.15) is 0 Å². The highest BCUT2D eigenvalue weighted by atomic mass is 32.1. The van der Waals surface area contributed by atoms with Gasteiger partial charge in [0.25, 0.3) is 0 Å². The molecule has 0 saturated heterocycles. The molecule has 1 aliphatic rings. The Hall–Kier alpha value is -1.11. The van der Waals surface area contributed by atoms with E-state index < -0.39 is 0 Å². The van der Waals surface area contributed by atoms with Crippen molar-refractivity contribution in [2.45, 2.75) is 43.7 Å². The van der Waals surface area contributed by atoms with Crippen LogP contribution in [-0.2, 0) is 0 Å². The summed E-state index contributed by atoms with van der Waals surface area (Å²) in [6, 6.07) is 4.22. The molecule has 0 aliphatic heterocycles. The molecule has 2 amide bonds. The van der Waals surface area contributed by atoms with Crippen molar-refractivity contribution < 1.29 is 4.79 Å². The minimum absolute atomic E-state index is 0.126. The maximum absolute atomic E-state index is 12.0. The quantitative estimate of drug-likeness (QED) is 0.752. The van der Waals surface area contributed by atoms with Gasteiger partial charge in [-0.2, -0.15) is 0 Å². The third kappa shape index (κ3) is 4.97. The topological polar surface area (TPSA) is 70.4 Å². The molecule has 1 unspecified atom stereocenters. The monoisotopic (exact) mass is 324 g/mol. The molecule has 4 N–H and O–H groups in total. The van der Waals surface area contributed by atoms with E-state index in [1.54, 1.807) is 11.3 Å². The van der Waals surface area contributed by atoms with E-state index in [-0.39, 0.29) is 17.6 Å². The van der Waals surface area contributed by atoms with Crippen molar-refractivity contribution in [3.63, 3.8) is 0 Å². The number of likely N-dealkylation sites (N-methyl/N-ethyl adjacent to an activating group) is 1. The van der Waals surface area contributed by atoms with E-state index in [0.717, 1.165) is 12.8 Å². The number of urea groups is 1. The molecule has 0 spiro atoms. The van der Waals surface area contributed by atoms with E-state index >= 15 is 0 Å². The van der Waals surface area contributed by atoms with Crippen LogP contribution in [0.2, 0.25) is 0 Å². The first-order valence-electron chi connectivity index (χ1n) is 8.01. The van der Waals surface area contributed by atoms with Crippen molar-refractivity contribution >= 4 is 17.4 Å². The summed E-state index contributed by atoms with van der Waals surface area (Å²) < 4.78 is 0. The summed E-state index contributed by atoms with van der Waals surface area (Å²) in [5.74, 6) is 0. The van der Waals surface area contributed by atoms with Gasteiger partial charge in [-0.05, 0) is 38.4 Å². The SMILES string of the molecule is CN(C)C(CNC(=O)NCC1(N)CCCCC1)c1cccs1. The molecule has 1 atom stereocenters. The van der Waals surface area contributed by atoms with Crippen molar-refractivity contribution in [3.8, 4) is 0 Å². The molecular formula is C16H28N4OS.